The van der Waals surface area contributed by atoms with E-state index in [1.165, 1.54) is 0 Å². The highest BCUT2D eigenvalue weighted by atomic mass is 16.5. The molecule has 1 aromatic rings. The zero-order chi connectivity index (χ0) is 15.8. The number of esters is 1. The van der Waals surface area contributed by atoms with Crippen molar-refractivity contribution >= 4 is 11.5 Å². The van der Waals surface area contributed by atoms with Crippen molar-refractivity contribution < 1.29 is 9.53 Å². The first-order valence-electron chi connectivity index (χ1n) is 7.61. The van der Waals surface area contributed by atoms with Gasteiger partial charge in [-0.2, -0.15) is 0 Å². The number of hydrogen-bond donors (Lipinski definition) is 0. The Kier molecular flexibility index (Phi) is 6.75. The van der Waals surface area contributed by atoms with E-state index in [-0.39, 0.29) is 5.97 Å². The molecule has 1 aliphatic carbocycles. The fourth-order valence-corrected chi connectivity index (χ4v) is 2.29. The van der Waals surface area contributed by atoms with E-state index in [2.05, 4.69) is 25.1 Å². The predicted molar refractivity (Wildman–Crippen MR) is 87.1 cm³/mol. The lowest BCUT2D eigenvalue weighted by Gasteiger charge is -2.16. The molecule has 1 aromatic carbocycles. The van der Waals surface area contributed by atoms with Crippen LogP contribution < -0.4 is 0 Å². The van der Waals surface area contributed by atoms with E-state index in [1.54, 1.807) is 6.07 Å². The van der Waals surface area contributed by atoms with Crippen LogP contribution in [0.1, 0.15) is 55.6 Å². The monoisotopic (exact) mass is 284 g/mol. The Morgan fingerprint density at radius 1 is 1.43 bits per heavy atom. The molecule has 1 atom stereocenters. The zero-order valence-corrected chi connectivity index (χ0v) is 13.6. The van der Waals surface area contributed by atoms with E-state index < -0.39 is 0 Å². The van der Waals surface area contributed by atoms with Gasteiger partial charge in [0, 0.05) is 5.56 Å². The van der Waals surface area contributed by atoms with Crippen LogP contribution in [0.25, 0.3) is 5.57 Å². The molecule has 0 N–H and O–H groups in total. The summed E-state index contributed by atoms with van der Waals surface area (Å²) in [4.78, 5) is 12.1. The van der Waals surface area contributed by atoms with E-state index in [4.69, 9.17) is 4.74 Å². The van der Waals surface area contributed by atoms with Crippen molar-refractivity contribution in [2.45, 2.75) is 41.0 Å². The Labute approximate surface area is 128 Å². The molecular formula is C19H24O2. The van der Waals surface area contributed by atoms with E-state index in [1.807, 2.05) is 39.8 Å². The Hall–Kier alpha value is -2.01. The maximum atomic E-state index is 12.1. The molecule has 0 saturated carbocycles. The molecule has 0 aromatic heterocycles. The standard InChI is InChI=1S/C17H18O2.C2H6/c1-4-19-17(18)16-13(3)8-6-10-15(16)14-9-5-7-12(2)11-14;1-2/h5,7-9,12H,4,11H2,1-3H3;1-2H3. The van der Waals surface area contributed by atoms with Gasteiger partial charge in [0.05, 0.1) is 12.2 Å². The minimum absolute atomic E-state index is 0.275. The molecule has 0 aliphatic heterocycles. The van der Waals surface area contributed by atoms with Crippen LogP contribution in [0.5, 0.6) is 0 Å². The molecule has 0 radical (unpaired) electrons. The highest BCUT2D eigenvalue weighted by Crippen LogP contribution is 2.29. The first kappa shape index (κ1) is 17.0. The second kappa shape index (κ2) is 8.32. The first-order chi connectivity index (χ1) is 10.1. The van der Waals surface area contributed by atoms with Crippen molar-refractivity contribution in [3.8, 4) is 0 Å². The van der Waals surface area contributed by atoms with Crippen LogP contribution >= 0.6 is 0 Å². The van der Waals surface area contributed by atoms with Gasteiger partial charge in [0.25, 0.3) is 0 Å². The summed E-state index contributed by atoms with van der Waals surface area (Å²) in [6, 6.07) is 7.84. The number of hydrogen-bond acceptors (Lipinski definition) is 2. The molecule has 2 heteroatoms. The molecule has 0 amide bonds. The van der Waals surface area contributed by atoms with Gasteiger partial charge >= 0.3 is 5.97 Å². The van der Waals surface area contributed by atoms with Crippen LogP contribution in [0.4, 0.5) is 0 Å². The molecular weight excluding hydrogens is 260 g/mol. The Morgan fingerprint density at radius 3 is 2.76 bits per heavy atom. The topological polar surface area (TPSA) is 26.3 Å². The molecule has 1 aliphatic rings. The molecule has 0 bridgehead atoms. The summed E-state index contributed by atoms with van der Waals surface area (Å²) in [6.07, 6.45) is 7.15. The van der Waals surface area contributed by atoms with E-state index in [0.29, 0.717) is 18.1 Å². The maximum Gasteiger partial charge on any atom is 0.339 e. The molecule has 0 spiro atoms. The van der Waals surface area contributed by atoms with Crippen molar-refractivity contribution in [1.29, 1.82) is 0 Å². The molecule has 0 heterocycles. The molecule has 112 valence electrons. The Balaban J connectivity index is 0.00000106. The summed E-state index contributed by atoms with van der Waals surface area (Å²) in [7, 11) is 0. The van der Waals surface area contributed by atoms with Crippen LogP contribution in [-0.2, 0) is 4.74 Å². The molecule has 1 unspecified atom stereocenters. The molecule has 0 fully saturated rings. The Morgan fingerprint density at radius 2 is 2.14 bits per heavy atom. The number of rotatable bonds is 3. The lowest BCUT2D eigenvalue weighted by molar-refractivity contribution is 0.0525. The third-order valence-corrected chi connectivity index (χ3v) is 3.21. The van der Waals surface area contributed by atoms with Crippen LogP contribution in [0, 0.1) is 25.0 Å². The number of allylic oxidation sites excluding steroid dienone is 4. The van der Waals surface area contributed by atoms with Gasteiger partial charge in [-0.1, -0.05) is 51.1 Å². The SMILES string of the molecule is CC.CCOC(=O)c1c(C2=CC=CC(C)C2)c#ccc1C. The van der Waals surface area contributed by atoms with Gasteiger partial charge in [-0.15, -0.1) is 0 Å². The third-order valence-electron chi connectivity index (χ3n) is 3.21. The minimum atomic E-state index is -0.275. The number of carbonyl (C=O) groups is 1. The fourth-order valence-electron chi connectivity index (χ4n) is 2.29. The lowest BCUT2D eigenvalue weighted by Crippen LogP contribution is -2.10. The van der Waals surface area contributed by atoms with Gasteiger partial charge in [0.2, 0.25) is 0 Å². The molecule has 21 heavy (non-hydrogen) atoms. The summed E-state index contributed by atoms with van der Waals surface area (Å²) in [5.41, 5.74) is 3.46. The van der Waals surface area contributed by atoms with Gasteiger partial charge in [-0.05, 0) is 43.4 Å². The maximum absolute atomic E-state index is 12.1. The van der Waals surface area contributed by atoms with Crippen molar-refractivity contribution in [3.05, 3.63) is 53.1 Å². The Bertz CT molecular complexity index is 538. The summed E-state index contributed by atoms with van der Waals surface area (Å²) < 4.78 is 5.15. The fraction of sp³-hybridized carbons (Fsp3) is 0.421. The molecule has 0 saturated heterocycles. The van der Waals surface area contributed by atoms with Crippen LogP contribution in [0.15, 0.2) is 24.3 Å². The quantitative estimate of drug-likeness (QED) is 0.747. The van der Waals surface area contributed by atoms with Gasteiger partial charge < -0.3 is 4.74 Å². The van der Waals surface area contributed by atoms with Crippen molar-refractivity contribution in [3.63, 3.8) is 0 Å². The van der Waals surface area contributed by atoms with Crippen LogP contribution in [0.2, 0.25) is 0 Å². The van der Waals surface area contributed by atoms with Gasteiger partial charge in [0.15, 0.2) is 0 Å². The van der Waals surface area contributed by atoms with Crippen LogP contribution in [-0.4, -0.2) is 12.6 Å². The van der Waals surface area contributed by atoms with Gasteiger partial charge in [0.1, 0.15) is 0 Å². The highest BCUT2D eigenvalue weighted by molar-refractivity contribution is 5.96. The summed E-state index contributed by atoms with van der Waals surface area (Å²) in [6.45, 7) is 10.3. The minimum Gasteiger partial charge on any atom is -0.462 e. The zero-order valence-electron chi connectivity index (χ0n) is 13.6. The predicted octanol–water partition coefficient (Wildman–Crippen LogP) is 4.78. The molecule has 2 rings (SSSR count). The second-order valence-electron chi connectivity index (χ2n) is 4.83. The van der Waals surface area contributed by atoms with E-state index in [9.17, 15) is 4.79 Å². The summed E-state index contributed by atoms with van der Waals surface area (Å²) in [5, 5.41) is 0. The second-order valence-corrected chi connectivity index (χ2v) is 4.83. The number of carbonyl (C=O) groups excluding carboxylic acids is 1. The van der Waals surface area contributed by atoms with Crippen LogP contribution in [0.3, 0.4) is 0 Å². The first-order valence-corrected chi connectivity index (χ1v) is 7.61. The number of aryl methyl sites for hydroxylation is 1. The number of ether oxygens (including phenoxy) is 1. The van der Waals surface area contributed by atoms with Crippen molar-refractivity contribution in [2.24, 2.45) is 5.92 Å². The highest BCUT2D eigenvalue weighted by Gasteiger charge is 2.19. The summed E-state index contributed by atoms with van der Waals surface area (Å²) >= 11 is 0. The van der Waals surface area contributed by atoms with Crippen molar-refractivity contribution in [2.75, 3.05) is 6.61 Å². The lowest BCUT2D eigenvalue weighted by atomic mass is 9.88. The summed E-state index contributed by atoms with van der Waals surface area (Å²) in [5.74, 6) is 0.201. The molecule has 2 nitrogen and oxygen atoms in total. The normalized spacial score (nSPS) is 16.2. The van der Waals surface area contributed by atoms with Gasteiger partial charge in [-0.25, -0.2) is 4.79 Å². The van der Waals surface area contributed by atoms with E-state index in [0.717, 1.165) is 23.1 Å². The average Bonchev–Trinajstić information content (AvgIpc) is 2.49. The largest absolute Gasteiger partial charge is 0.462 e. The van der Waals surface area contributed by atoms with E-state index >= 15 is 0 Å². The van der Waals surface area contributed by atoms with Crippen molar-refractivity contribution in [1.82, 2.24) is 0 Å². The average molecular weight is 284 g/mol. The smallest absolute Gasteiger partial charge is 0.339 e. The third kappa shape index (κ3) is 4.23. The van der Waals surface area contributed by atoms with Gasteiger partial charge in [-0.3, -0.25) is 0 Å².